The van der Waals surface area contributed by atoms with Crippen LogP contribution in [0.15, 0.2) is 84.9 Å². The van der Waals surface area contributed by atoms with Crippen LogP contribution in [-0.2, 0) is 29.0 Å². The standard InChI is InChI=1S/C29H33ClN2O2/c1-29(2,3)31-28(34)26(20-22-12-6-4-7-13-22)32(21-23-14-8-5-9-15-23)27(33)19-18-24-16-10-11-17-25(24)30/h4-17,26H,18-21H2,1-3H3,(H,31,34)/t26-/m0/s1. The van der Waals surface area contributed by atoms with Crippen molar-refractivity contribution in [1.82, 2.24) is 10.2 Å². The second kappa shape index (κ2) is 11.8. The van der Waals surface area contributed by atoms with Gasteiger partial charge in [0.25, 0.3) is 0 Å². The van der Waals surface area contributed by atoms with Gasteiger partial charge < -0.3 is 10.2 Å². The molecule has 0 spiro atoms. The average Bonchev–Trinajstić information content (AvgIpc) is 2.81. The van der Waals surface area contributed by atoms with Crippen molar-refractivity contribution >= 4 is 23.4 Å². The van der Waals surface area contributed by atoms with Crippen LogP contribution in [0.4, 0.5) is 0 Å². The lowest BCUT2D eigenvalue weighted by atomic mass is 10.00. The molecular weight excluding hydrogens is 444 g/mol. The Hall–Kier alpha value is -3.11. The first kappa shape index (κ1) is 25.5. The molecule has 1 N–H and O–H groups in total. The van der Waals surface area contributed by atoms with Crippen molar-refractivity contribution in [3.05, 3.63) is 107 Å². The third-order valence-corrected chi connectivity index (χ3v) is 5.90. The number of carbonyl (C=O) groups excluding carboxylic acids is 2. The lowest BCUT2D eigenvalue weighted by molar-refractivity contribution is -0.141. The van der Waals surface area contributed by atoms with E-state index in [-0.39, 0.29) is 18.2 Å². The van der Waals surface area contributed by atoms with E-state index in [4.69, 9.17) is 11.6 Å². The van der Waals surface area contributed by atoms with Crippen molar-refractivity contribution < 1.29 is 9.59 Å². The van der Waals surface area contributed by atoms with E-state index in [1.807, 2.05) is 106 Å². The number of aryl methyl sites for hydroxylation is 1. The number of hydrogen-bond donors (Lipinski definition) is 1. The van der Waals surface area contributed by atoms with Gasteiger partial charge >= 0.3 is 0 Å². The highest BCUT2D eigenvalue weighted by Crippen LogP contribution is 2.20. The molecule has 0 radical (unpaired) electrons. The van der Waals surface area contributed by atoms with Crippen LogP contribution < -0.4 is 5.32 Å². The summed E-state index contributed by atoms with van der Waals surface area (Å²) in [4.78, 5) is 28.9. The van der Waals surface area contributed by atoms with Gasteiger partial charge in [0.1, 0.15) is 6.04 Å². The maximum absolute atomic E-state index is 13.6. The van der Waals surface area contributed by atoms with Crippen LogP contribution in [0.5, 0.6) is 0 Å². The average molecular weight is 477 g/mol. The molecule has 0 bridgehead atoms. The fraction of sp³-hybridized carbons (Fsp3) is 0.310. The van der Waals surface area contributed by atoms with Gasteiger partial charge in [0.05, 0.1) is 0 Å². The minimum Gasteiger partial charge on any atom is -0.350 e. The van der Waals surface area contributed by atoms with Gasteiger partial charge in [0.15, 0.2) is 0 Å². The highest BCUT2D eigenvalue weighted by atomic mass is 35.5. The fourth-order valence-corrected chi connectivity index (χ4v) is 4.10. The van der Waals surface area contributed by atoms with Crippen molar-refractivity contribution in [2.45, 2.75) is 58.2 Å². The predicted octanol–water partition coefficient (Wildman–Crippen LogP) is 5.83. The molecule has 178 valence electrons. The molecule has 0 saturated carbocycles. The van der Waals surface area contributed by atoms with Crippen LogP contribution in [0.2, 0.25) is 5.02 Å². The highest BCUT2D eigenvalue weighted by Gasteiger charge is 2.32. The normalized spacial score (nSPS) is 12.1. The monoisotopic (exact) mass is 476 g/mol. The molecule has 5 heteroatoms. The number of benzene rings is 3. The predicted molar refractivity (Wildman–Crippen MR) is 139 cm³/mol. The van der Waals surface area contributed by atoms with Crippen LogP contribution in [0.1, 0.15) is 43.9 Å². The summed E-state index contributed by atoms with van der Waals surface area (Å²) in [5.74, 6) is -0.229. The van der Waals surface area contributed by atoms with Gasteiger partial charge in [-0.15, -0.1) is 0 Å². The molecule has 0 heterocycles. The number of halogens is 1. The molecule has 0 saturated heterocycles. The Kier molecular flexibility index (Phi) is 8.89. The summed E-state index contributed by atoms with van der Waals surface area (Å²) < 4.78 is 0. The molecule has 3 aromatic rings. The molecule has 0 unspecified atom stereocenters. The van der Waals surface area contributed by atoms with Crippen molar-refractivity contribution in [1.29, 1.82) is 0 Å². The van der Waals surface area contributed by atoms with Gasteiger partial charge in [-0.25, -0.2) is 0 Å². The molecule has 34 heavy (non-hydrogen) atoms. The topological polar surface area (TPSA) is 49.4 Å². The zero-order chi connectivity index (χ0) is 24.6. The van der Waals surface area contributed by atoms with E-state index >= 15 is 0 Å². The number of carbonyl (C=O) groups is 2. The van der Waals surface area contributed by atoms with Gasteiger partial charge in [0, 0.05) is 29.9 Å². The number of nitrogens with one attached hydrogen (secondary N) is 1. The van der Waals surface area contributed by atoms with E-state index in [1.54, 1.807) is 4.90 Å². The Labute approximate surface area is 207 Å². The largest absolute Gasteiger partial charge is 0.350 e. The van der Waals surface area contributed by atoms with Crippen LogP contribution >= 0.6 is 11.6 Å². The Balaban J connectivity index is 1.91. The molecule has 4 nitrogen and oxygen atoms in total. The quantitative estimate of drug-likeness (QED) is 0.422. The molecule has 0 aliphatic rings. The summed E-state index contributed by atoms with van der Waals surface area (Å²) in [6.07, 6.45) is 1.22. The third kappa shape index (κ3) is 7.74. The zero-order valence-corrected chi connectivity index (χ0v) is 20.9. The van der Waals surface area contributed by atoms with E-state index in [1.165, 1.54) is 0 Å². The summed E-state index contributed by atoms with van der Waals surface area (Å²) >= 11 is 6.32. The molecule has 1 atom stereocenters. The second-order valence-corrected chi connectivity index (χ2v) is 9.95. The van der Waals surface area contributed by atoms with Crippen molar-refractivity contribution in [2.24, 2.45) is 0 Å². The first-order chi connectivity index (χ1) is 16.2. The fourth-order valence-electron chi connectivity index (χ4n) is 3.87. The molecule has 0 aliphatic heterocycles. The molecule has 3 aromatic carbocycles. The summed E-state index contributed by atoms with van der Waals surface area (Å²) in [7, 11) is 0. The smallest absolute Gasteiger partial charge is 0.243 e. The number of rotatable bonds is 9. The van der Waals surface area contributed by atoms with Gasteiger partial charge in [-0.2, -0.15) is 0 Å². The van der Waals surface area contributed by atoms with Crippen LogP contribution in [0.25, 0.3) is 0 Å². The van der Waals surface area contributed by atoms with Gasteiger partial charge in [-0.05, 0) is 49.9 Å². The Morgan fingerprint density at radius 1 is 0.853 bits per heavy atom. The van der Waals surface area contributed by atoms with E-state index < -0.39 is 11.6 Å². The number of nitrogens with zero attached hydrogens (tertiary/aromatic N) is 1. The van der Waals surface area contributed by atoms with E-state index in [9.17, 15) is 9.59 Å². The van der Waals surface area contributed by atoms with Crippen molar-refractivity contribution in [2.75, 3.05) is 0 Å². The first-order valence-electron chi connectivity index (χ1n) is 11.7. The van der Waals surface area contributed by atoms with Crippen LogP contribution in [0.3, 0.4) is 0 Å². The lowest BCUT2D eigenvalue weighted by Crippen LogP contribution is -2.54. The molecule has 2 amide bonds. The molecule has 3 rings (SSSR count). The van der Waals surface area contributed by atoms with Crippen molar-refractivity contribution in [3.8, 4) is 0 Å². The zero-order valence-electron chi connectivity index (χ0n) is 20.1. The minimum absolute atomic E-state index is 0.0752. The third-order valence-electron chi connectivity index (χ3n) is 5.53. The summed E-state index contributed by atoms with van der Waals surface area (Å²) in [5.41, 5.74) is 2.50. The molecule has 0 aliphatic carbocycles. The van der Waals surface area contributed by atoms with E-state index in [2.05, 4.69) is 5.32 Å². The molecule has 0 aromatic heterocycles. The second-order valence-electron chi connectivity index (χ2n) is 9.54. The molecular formula is C29H33ClN2O2. The summed E-state index contributed by atoms with van der Waals surface area (Å²) in [6, 6.07) is 26.6. The highest BCUT2D eigenvalue weighted by molar-refractivity contribution is 6.31. The Bertz CT molecular complexity index is 1080. The van der Waals surface area contributed by atoms with Gasteiger partial charge in [0.2, 0.25) is 11.8 Å². The lowest BCUT2D eigenvalue weighted by Gasteiger charge is -2.34. The Morgan fingerprint density at radius 3 is 2.00 bits per heavy atom. The van der Waals surface area contributed by atoms with Gasteiger partial charge in [-0.1, -0.05) is 90.5 Å². The summed E-state index contributed by atoms with van der Waals surface area (Å²) in [5, 5.41) is 3.74. The minimum atomic E-state index is -0.638. The molecule has 0 fully saturated rings. The number of hydrogen-bond acceptors (Lipinski definition) is 2. The maximum atomic E-state index is 13.6. The Morgan fingerprint density at radius 2 is 1.41 bits per heavy atom. The maximum Gasteiger partial charge on any atom is 0.243 e. The SMILES string of the molecule is CC(C)(C)NC(=O)[C@H](Cc1ccccc1)N(Cc1ccccc1)C(=O)CCc1ccccc1Cl. The van der Waals surface area contributed by atoms with Crippen molar-refractivity contribution in [3.63, 3.8) is 0 Å². The summed E-state index contributed by atoms with van der Waals surface area (Å²) in [6.45, 7) is 6.21. The van der Waals surface area contributed by atoms with E-state index in [0.29, 0.717) is 24.4 Å². The van der Waals surface area contributed by atoms with Crippen LogP contribution in [-0.4, -0.2) is 28.3 Å². The van der Waals surface area contributed by atoms with Gasteiger partial charge in [-0.3, -0.25) is 9.59 Å². The van der Waals surface area contributed by atoms with E-state index in [0.717, 1.165) is 16.7 Å². The number of amides is 2. The first-order valence-corrected chi connectivity index (χ1v) is 12.0. The van der Waals surface area contributed by atoms with Crippen LogP contribution in [0, 0.1) is 0 Å².